The zero-order valence-electron chi connectivity index (χ0n) is 14.5. The third kappa shape index (κ3) is 6.14. The van der Waals surface area contributed by atoms with Crippen LogP contribution in [0.1, 0.15) is 30.4 Å². The first-order valence-electron chi connectivity index (χ1n) is 8.82. The van der Waals surface area contributed by atoms with Crippen LogP contribution in [-0.4, -0.2) is 42.9 Å². The van der Waals surface area contributed by atoms with Gasteiger partial charge in [-0.15, -0.1) is 24.0 Å². The number of benzene rings is 1. The number of amides is 1. The van der Waals surface area contributed by atoms with Gasteiger partial charge in [0.25, 0.3) is 0 Å². The molecule has 7 heteroatoms. The van der Waals surface area contributed by atoms with E-state index in [1.807, 2.05) is 0 Å². The van der Waals surface area contributed by atoms with Crippen molar-refractivity contribution in [1.82, 2.24) is 15.5 Å². The van der Waals surface area contributed by atoms with Gasteiger partial charge in [-0.05, 0) is 36.9 Å². The Morgan fingerprint density at radius 1 is 1.36 bits per heavy atom. The van der Waals surface area contributed by atoms with Crippen LogP contribution >= 0.6 is 24.0 Å². The lowest BCUT2D eigenvalue weighted by molar-refractivity contribution is -0.123. The number of hydrogen-bond acceptors (Lipinski definition) is 5. The van der Waals surface area contributed by atoms with Gasteiger partial charge >= 0.3 is 0 Å². The fraction of sp³-hybridized carbons (Fsp3) is 0.556. The van der Waals surface area contributed by atoms with E-state index >= 15 is 0 Å². The van der Waals surface area contributed by atoms with Crippen LogP contribution in [0.4, 0.5) is 0 Å². The molecule has 1 atom stereocenters. The van der Waals surface area contributed by atoms with Crippen molar-refractivity contribution in [2.24, 2.45) is 16.6 Å². The Balaban J connectivity index is 0.00000225. The van der Waals surface area contributed by atoms with E-state index in [0.29, 0.717) is 0 Å². The molecule has 6 nitrogen and oxygen atoms in total. The summed E-state index contributed by atoms with van der Waals surface area (Å²) in [7, 11) is 0. The van der Waals surface area contributed by atoms with E-state index in [4.69, 9.17) is 5.73 Å². The Labute approximate surface area is 166 Å². The fourth-order valence-electron chi connectivity index (χ4n) is 3.36. The lowest BCUT2D eigenvalue weighted by Crippen LogP contribution is -2.40. The Kier molecular flexibility index (Phi) is 7.95. The minimum absolute atomic E-state index is 0. The summed E-state index contributed by atoms with van der Waals surface area (Å²) in [5, 5.41) is 6.63. The van der Waals surface area contributed by atoms with E-state index in [1.54, 1.807) is 0 Å². The standard InChI is InChI=1S/C18H27N5O.HI/c19-17(24)16-6-2-9-23(13-16)12-15-5-1-4-14(10-15)11-22-18-20-7-3-8-21-18;/h1,4-5,10,16H,2-3,6-9,11-13H2,(H2,19,24)(H2,20,21,22);1H. The molecule has 2 heterocycles. The molecule has 0 aromatic heterocycles. The van der Waals surface area contributed by atoms with E-state index in [1.165, 1.54) is 11.1 Å². The van der Waals surface area contributed by atoms with Crippen molar-refractivity contribution in [2.75, 3.05) is 26.2 Å². The molecule has 1 aromatic carbocycles. The molecule has 3 rings (SSSR count). The first kappa shape index (κ1) is 20.0. The highest BCUT2D eigenvalue weighted by Gasteiger charge is 2.23. The molecule has 0 saturated carbocycles. The number of halogens is 1. The van der Waals surface area contributed by atoms with Crippen molar-refractivity contribution in [2.45, 2.75) is 32.4 Å². The fourth-order valence-corrected chi connectivity index (χ4v) is 3.36. The largest absolute Gasteiger partial charge is 0.369 e. The summed E-state index contributed by atoms with van der Waals surface area (Å²) >= 11 is 0. The number of nitrogens with one attached hydrogen (secondary N) is 2. The number of nitrogens with two attached hydrogens (primary N) is 1. The lowest BCUT2D eigenvalue weighted by atomic mass is 9.97. The van der Waals surface area contributed by atoms with Crippen molar-refractivity contribution >= 4 is 35.8 Å². The summed E-state index contributed by atoms with van der Waals surface area (Å²) in [6.45, 7) is 5.33. The van der Waals surface area contributed by atoms with Crippen LogP contribution in [0.2, 0.25) is 0 Å². The predicted octanol–water partition coefficient (Wildman–Crippen LogP) is 1.44. The molecule has 1 unspecified atom stereocenters. The highest BCUT2D eigenvalue weighted by molar-refractivity contribution is 14.0. The van der Waals surface area contributed by atoms with Crippen molar-refractivity contribution in [3.05, 3.63) is 35.4 Å². The van der Waals surface area contributed by atoms with Crippen molar-refractivity contribution < 1.29 is 4.79 Å². The molecule has 1 amide bonds. The van der Waals surface area contributed by atoms with Crippen LogP contribution in [0.25, 0.3) is 0 Å². The maximum atomic E-state index is 11.4. The summed E-state index contributed by atoms with van der Waals surface area (Å²) in [5.41, 5.74) is 7.98. The average Bonchev–Trinajstić information content (AvgIpc) is 2.61. The highest BCUT2D eigenvalue weighted by atomic mass is 127. The third-order valence-electron chi connectivity index (χ3n) is 4.66. The van der Waals surface area contributed by atoms with Gasteiger partial charge in [-0.25, -0.2) is 0 Å². The highest BCUT2D eigenvalue weighted by Crippen LogP contribution is 2.18. The summed E-state index contributed by atoms with van der Waals surface area (Å²) in [6, 6.07) is 8.60. The number of primary amides is 1. The average molecular weight is 457 g/mol. The monoisotopic (exact) mass is 457 g/mol. The Morgan fingerprint density at radius 3 is 2.96 bits per heavy atom. The number of guanidine groups is 1. The molecular formula is C18H28IN5O. The molecule has 0 spiro atoms. The Morgan fingerprint density at radius 2 is 2.20 bits per heavy atom. The molecule has 1 aromatic rings. The molecule has 0 radical (unpaired) electrons. The second-order valence-corrected chi connectivity index (χ2v) is 6.66. The number of carbonyl (C=O) groups excluding carboxylic acids is 1. The maximum Gasteiger partial charge on any atom is 0.221 e. The summed E-state index contributed by atoms with van der Waals surface area (Å²) < 4.78 is 0. The zero-order valence-corrected chi connectivity index (χ0v) is 16.9. The number of piperidine rings is 1. The summed E-state index contributed by atoms with van der Waals surface area (Å²) in [6.07, 6.45) is 3.06. The van der Waals surface area contributed by atoms with Crippen molar-refractivity contribution in [3.8, 4) is 0 Å². The van der Waals surface area contributed by atoms with E-state index in [-0.39, 0.29) is 35.8 Å². The van der Waals surface area contributed by atoms with E-state index < -0.39 is 0 Å². The molecule has 0 aliphatic carbocycles. The van der Waals surface area contributed by atoms with Crippen molar-refractivity contribution in [1.29, 1.82) is 0 Å². The maximum absolute atomic E-state index is 11.4. The van der Waals surface area contributed by atoms with Gasteiger partial charge in [0, 0.05) is 32.7 Å². The SMILES string of the molecule is I.NC(=O)C1CCCN(Cc2cccc(CNC3=NCCCN3)c2)C1. The first-order chi connectivity index (χ1) is 11.7. The zero-order chi connectivity index (χ0) is 16.8. The third-order valence-corrected chi connectivity index (χ3v) is 4.66. The summed E-state index contributed by atoms with van der Waals surface area (Å²) in [5.74, 6) is 0.726. The van der Waals surface area contributed by atoms with E-state index in [2.05, 4.69) is 44.8 Å². The van der Waals surface area contributed by atoms with Gasteiger partial charge in [-0.3, -0.25) is 14.7 Å². The molecule has 2 aliphatic rings. The normalized spacial score (nSPS) is 20.8. The van der Waals surface area contributed by atoms with Gasteiger partial charge in [0.05, 0.1) is 5.92 Å². The quantitative estimate of drug-likeness (QED) is 0.585. The number of rotatable bonds is 5. The first-order valence-corrected chi connectivity index (χ1v) is 8.82. The molecule has 2 aliphatic heterocycles. The minimum atomic E-state index is -0.168. The van der Waals surface area contributed by atoms with Gasteiger partial charge in [-0.1, -0.05) is 24.3 Å². The molecule has 1 saturated heterocycles. The molecule has 138 valence electrons. The van der Waals surface area contributed by atoms with Crippen LogP contribution in [0, 0.1) is 5.92 Å². The van der Waals surface area contributed by atoms with E-state index in [9.17, 15) is 4.79 Å². The number of aliphatic imine (C=N–C) groups is 1. The number of hydrogen-bond donors (Lipinski definition) is 3. The van der Waals surface area contributed by atoms with E-state index in [0.717, 1.165) is 64.5 Å². The smallest absolute Gasteiger partial charge is 0.221 e. The van der Waals surface area contributed by atoms with Gasteiger partial charge in [0.15, 0.2) is 5.96 Å². The van der Waals surface area contributed by atoms with Gasteiger partial charge in [-0.2, -0.15) is 0 Å². The van der Waals surface area contributed by atoms with Crippen LogP contribution < -0.4 is 16.4 Å². The van der Waals surface area contributed by atoms with Crippen LogP contribution in [0.5, 0.6) is 0 Å². The molecule has 0 bridgehead atoms. The second-order valence-electron chi connectivity index (χ2n) is 6.66. The van der Waals surface area contributed by atoms with Crippen LogP contribution in [0.15, 0.2) is 29.3 Å². The molecule has 1 fully saturated rings. The lowest BCUT2D eigenvalue weighted by Gasteiger charge is -2.31. The Bertz CT molecular complexity index is 607. The van der Waals surface area contributed by atoms with Crippen LogP contribution in [-0.2, 0) is 17.9 Å². The van der Waals surface area contributed by atoms with Crippen molar-refractivity contribution in [3.63, 3.8) is 0 Å². The van der Waals surface area contributed by atoms with Gasteiger partial charge in [0.2, 0.25) is 5.91 Å². The predicted molar refractivity (Wildman–Crippen MR) is 111 cm³/mol. The summed E-state index contributed by atoms with van der Waals surface area (Å²) in [4.78, 5) is 18.2. The minimum Gasteiger partial charge on any atom is -0.369 e. The van der Waals surface area contributed by atoms with Gasteiger partial charge < -0.3 is 16.4 Å². The number of likely N-dealkylation sites (tertiary alicyclic amines) is 1. The topological polar surface area (TPSA) is 82.8 Å². The van der Waals surface area contributed by atoms with Gasteiger partial charge in [0.1, 0.15) is 0 Å². The molecule has 4 N–H and O–H groups in total. The number of carbonyl (C=O) groups is 1. The second kappa shape index (κ2) is 9.96. The Hall–Kier alpha value is -1.35. The number of nitrogens with zero attached hydrogens (tertiary/aromatic N) is 2. The van der Waals surface area contributed by atoms with Crippen LogP contribution in [0.3, 0.4) is 0 Å². The molecular weight excluding hydrogens is 429 g/mol. The molecule has 25 heavy (non-hydrogen) atoms.